The van der Waals surface area contributed by atoms with E-state index in [2.05, 4.69) is 9.98 Å². The molecule has 7 nitrogen and oxygen atoms in total. The van der Waals surface area contributed by atoms with E-state index in [-0.39, 0.29) is 12.2 Å². The average molecular weight is 423 g/mol. The number of hydrogen-bond acceptors (Lipinski definition) is 6. The lowest BCUT2D eigenvalue weighted by molar-refractivity contribution is -0.139. The number of ether oxygens (including phenoxy) is 2. The Morgan fingerprint density at radius 2 is 2.07 bits per heavy atom. The fraction of sp³-hybridized carbons (Fsp3) is 0.227. The van der Waals surface area contributed by atoms with E-state index < -0.39 is 12.0 Å². The lowest BCUT2D eigenvalue weighted by Gasteiger charge is -2.24. The molecule has 0 saturated carbocycles. The number of carbonyl (C=O) groups is 1. The molecule has 30 heavy (non-hydrogen) atoms. The second-order valence-corrected chi connectivity index (χ2v) is 7.71. The first-order chi connectivity index (χ1) is 14.5. The average Bonchev–Trinajstić information content (AvgIpc) is 3.36. The summed E-state index contributed by atoms with van der Waals surface area (Å²) in [4.78, 5) is 34.3. The van der Waals surface area contributed by atoms with Gasteiger partial charge in [-0.1, -0.05) is 23.5 Å². The molecule has 0 spiro atoms. The molecule has 0 bridgehead atoms. The number of H-pyrrole nitrogens is 1. The van der Waals surface area contributed by atoms with E-state index in [1.54, 1.807) is 37.8 Å². The quantitative estimate of drug-likeness (QED) is 0.637. The molecule has 3 heterocycles. The Balaban J connectivity index is 1.95. The summed E-state index contributed by atoms with van der Waals surface area (Å²) in [7, 11) is 1.59. The molecule has 0 amide bonds. The van der Waals surface area contributed by atoms with Gasteiger partial charge in [0.25, 0.3) is 5.56 Å². The molecule has 4 rings (SSSR count). The van der Waals surface area contributed by atoms with Crippen molar-refractivity contribution in [2.45, 2.75) is 19.9 Å². The molecular formula is C22H21N3O4S. The van der Waals surface area contributed by atoms with Crippen molar-refractivity contribution >= 4 is 23.4 Å². The fourth-order valence-electron chi connectivity index (χ4n) is 3.47. The maximum absolute atomic E-state index is 13.3. The lowest BCUT2D eigenvalue weighted by Crippen LogP contribution is -2.39. The van der Waals surface area contributed by atoms with Crippen LogP contribution in [0.2, 0.25) is 0 Å². The van der Waals surface area contributed by atoms with Crippen LogP contribution in [0.15, 0.2) is 63.7 Å². The summed E-state index contributed by atoms with van der Waals surface area (Å²) in [6.45, 7) is 3.76. The predicted molar refractivity (Wildman–Crippen MR) is 114 cm³/mol. The lowest BCUT2D eigenvalue weighted by atomic mass is 9.96. The van der Waals surface area contributed by atoms with E-state index in [0.717, 1.165) is 11.3 Å². The largest absolute Gasteiger partial charge is 0.497 e. The van der Waals surface area contributed by atoms with Crippen LogP contribution in [0.1, 0.15) is 31.1 Å². The molecule has 0 radical (unpaired) electrons. The molecule has 0 saturated heterocycles. The van der Waals surface area contributed by atoms with Crippen molar-refractivity contribution < 1.29 is 14.3 Å². The number of benzene rings is 1. The number of methoxy groups -OCH3 is 1. The normalized spacial score (nSPS) is 16.2. The molecule has 1 aromatic carbocycles. The SMILES string of the molecule is CCOC(=O)C1=C(C)N=c2s/c(=C\c3ccc[nH]3)c(=O)n2C1c1ccc(OC)cc1. The monoisotopic (exact) mass is 423 g/mol. The molecule has 0 fully saturated rings. The van der Waals surface area contributed by atoms with Crippen LogP contribution in [0.4, 0.5) is 0 Å². The summed E-state index contributed by atoms with van der Waals surface area (Å²) < 4.78 is 12.6. The van der Waals surface area contributed by atoms with E-state index >= 15 is 0 Å². The minimum atomic E-state index is -0.628. The third-order valence-electron chi connectivity index (χ3n) is 4.86. The molecule has 1 unspecified atom stereocenters. The molecule has 2 aromatic heterocycles. The molecular weight excluding hydrogens is 402 g/mol. The smallest absolute Gasteiger partial charge is 0.338 e. The van der Waals surface area contributed by atoms with Gasteiger partial charge in [0.05, 0.1) is 35.6 Å². The molecule has 1 aliphatic heterocycles. The van der Waals surface area contributed by atoms with Gasteiger partial charge in [0.15, 0.2) is 4.80 Å². The van der Waals surface area contributed by atoms with Crippen molar-refractivity contribution in [1.29, 1.82) is 0 Å². The van der Waals surface area contributed by atoms with E-state index in [1.165, 1.54) is 11.3 Å². The zero-order valence-electron chi connectivity index (χ0n) is 16.8. The summed E-state index contributed by atoms with van der Waals surface area (Å²) in [5.74, 6) is 0.217. The fourth-order valence-corrected chi connectivity index (χ4v) is 4.51. The Morgan fingerprint density at radius 1 is 1.30 bits per heavy atom. The van der Waals surface area contributed by atoms with Crippen LogP contribution >= 0.6 is 11.3 Å². The van der Waals surface area contributed by atoms with Gasteiger partial charge < -0.3 is 14.5 Å². The van der Waals surface area contributed by atoms with Gasteiger partial charge in [0.2, 0.25) is 0 Å². The van der Waals surface area contributed by atoms with Gasteiger partial charge in [-0.25, -0.2) is 9.79 Å². The van der Waals surface area contributed by atoms with E-state index in [4.69, 9.17) is 9.47 Å². The molecule has 8 heteroatoms. The number of rotatable bonds is 5. The number of carbonyl (C=O) groups excluding carboxylic acids is 1. The molecule has 1 atom stereocenters. The number of nitrogens with zero attached hydrogens (tertiary/aromatic N) is 2. The zero-order chi connectivity index (χ0) is 21.3. The maximum Gasteiger partial charge on any atom is 0.338 e. The highest BCUT2D eigenvalue weighted by atomic mass is 32.1. The van der Waals surface area contributed by atoms with Gasteiger partial charge in [0.1, 0.15) is 5.75 Å². The van der Waals surface area contributed by atoms with Gasteiger partial charge in [-0.15, -0.1) is 0 Å². The third-order valence-corrected chi connectivity index (χ3v) is 5.84. The highest BCUT2D eigenvalue weighted by Crippen LogP contribution is 2.31. The van der Waals surface area contributed by atoms with Crippen LogP contribution in [0.5, 0.6) is 5.75 Å². The van der Waals surface area contributed by atoms with Crippen molar-refractivity contribution in [3.8, 4) is 5.75 Å². The summed E-state index contributed by atoms with van der Waals surface area (Å²) in [6, 6.07) is 10.4. The minimum absolute atomic E-state index is 0.205. The summed E-state index contributed by atoms with van der Waals surface area (Å²) in [5.41, 5.74) is 2.30. The molecule has 0 aliphatic carbocycles. The van der Waals surface area contributed by atoms with E-state index in [1.807, 2.05) is 36.4 Å². The van der Waals surface area contributed by atoms with Crippen LogP contribution in [0, 0.1) is 0 Å². The highest BCUT2D eigenvalue weighted by Gasteiger charge is 2.33. The molecule has 154 valence electrons. The number of fused-ring (bicyclic) bond motifs is 1. The number of aromatic nitrogens is 2. The first-order valence-corrected chi connectivity index (χ1v) is 10.3. The Bertz CT molecular complexity index is 1280. The summed E-state index contributed by atoms with van der Waals surface area (Å²) >= 11 is 1.29. The number of aromatic amines is 1. The van der Waals surface area contributed by atoms with E-state index in [9.17, 15) is 9.59 Å². The van der Waals surface area contributed by atoms with Gasteiger partial charge in [-0.2, -0.15) is 0 Å². The first-order valence-electron chi connectivity index (χ1n) is 9.50. The van der Waals surface area contributed by atoms with Crippen molar-refractivity contribution in [3.63, 3.8) is 0 Å². The van der Waals surface area contributed by atoms with Crippen LogP contribution < -0.4 is 19.6 Å². The maximum atomic E-state index is 13.3. The van der Waals surface area contributed by atoms with Crippen LogP contribution in [0.3, 0.4) is 0 Å². The van der Waals surface area contributed by atoms with Crippen molar-refractivity contribution in [2.24, 2.45) is 4.99 Å². The first kappa shape index (κ1) is 19.9. The third kappa shape index (κ3) is 3.50. The number of thiazole rings is 1. The number of hydrogen-bond donors (Lipinski definition) is 1. The number of allylic oxidation sites excluding steroid dienone is 1. The predicted octanol–water partition coefficient (Wildman–Crippen LogP) is 2.14. The zero-order valence-corrected chi connectivity index (χ0v) is 17.7. The Labute approximate surface area is 176 Å². The van der Waals surface area contributed by atoms with Gasteiger partial charge in [0, 0.05) is 11.9 Å². The van der Waals surface area contributed by atoms with Crippen LogP contribution in [-0.4, -0.2) is 29.2 Å². The second-order valence-electron chi connectivity index (χ2n) is 6.70. The standard InChI is InChI=1S/C22H21N3O4S/c1-4-29-21(27)18-13(2)24-22-25(19(18)14-7-9-16(28-3)10-8-14)20(26)17(30-22)12-15-6-5-11-23-15/h5-12,19,23H,4H2,1-3H3/b17-12-. The van der Waals surface area contributed by atoms with Gasteiger partial charge in [-0.3, -0.25) is 9.36 Å². The Hall–Kier alpha value is -3.39. The molecule has 1 N–H and O–H groups in total. The van der Waals surface area contributed by atoms with Crippen molar-refractivity contribution in [3.05, 3.63) is 84.8 Å². The number of nitrogens with one attached hydrogen (secondary N) is 1. The highest BCUT2D eigenvalue weighted by molar-refractivity contribution is 7.07. The minimum Gasteiger partial charge on any atom is -0.497 e. The molecule has 3 aromatic rings. The number of esters is 1. The van der Waals surface area contributed by atoms with Crippen molar-refractivity contribution in [1.82, 2.24) is 9.55 Å². The summed E-state index contributed by atoms with van der Waals surface area (Å²) in [5, 5.41) is 0. The van der Waals surface area contributed by atoms with Crippen LogP contribution in [0.25, 0.3) is 6.08 Å². The summed E-state index contributed by atoms with van der Waals surface area (Å²) in [6.07, 6.45) is 3.59. The van der Waals surface area contributed by atoms with Gasteiger partial charge >= 0.3 is 5.97 Å². The van der Waals surface area contributed by atoms with Gasteiger partial charge in [-0.05, 0) is 49.8 Å². The topological polar surface area (TPSA) is 85.7 Å². The Kier molecular flexibility index (Phi) is 5.41. The van der Waals surface area contributed by atoms with Crippen LogP contribution in [-0.2, 0) is 9.53 Å². The van der Waals surface area contributed by atoms with Crippen molar-refractivity contribution in [2.75, 3.05) is 13.7 Å². The second kappa shape index (κ2) is 8.16. The Morgan fingerprint density at radius 3 is 2.70 bits per heavy atom. The van der Waals surface area contributed by atoms with E-state index in [0.29, 0.717) is 26.4 Å². The molecule has 1 aliphatic rings.